The van der Waals surface area contributed by atoms with Crippen LogP contribution in [0.5, 0.6) is 11.5 Å². The largest absolute Gasteiger partial charge is 0.489 e. The molecule has 0 saturated carbocycles. The van der Waals surface area contributed by atoms with Crippen LogP contribution in [0, 0.1) is 24.2 Å². The number of halogens is 1. The molecule has 1 aliphatic carbocycles. The first kappa shape index (κ1) is 36.1. The van der Waals surface area contributed by atoms with Gasteiger partial charge in [0, 0.05) is 81.4 Å². The molecule has 2 aromatic carbocycles. The van der Waals surface area contributed by atoms with E-state index in [4.69, 9.17) is 25.8 Å². The van der Waals surface area contributed by atoms with Crippen LogP contribution in [-0.2, 0) is 17.9 Å². The first-order chi connectivity index (χ1) is 24.2. The average Bonchev–Trinajstić information content (AvgIpc) is 3.73. The van der Waals surface area contributed by atoms with Crippen molar-refractivity contribution in [2.75, 3.05) is 45.9 Å². The number of β-amino-alcohol motifs (C(OH)–C–C–N with tert-alkyl or cyclic N) is 2. The molecule has 4 atom stereocenters. The van der Waals surface area contributed by atoms with E-state index in [2.05, 4.69) is 77.2 Å². The van der Waals surface area contributed by atoms with E-state index in [1.165, 1.54) is 22.9 Å². The highest BCUT2D eigenvalue weighted by Gasteiger charge is 2.40. The van der Waals surface area contributed by atoms with Gasteiger partial charge in [-0.15, -0.1) is 0 Å². The standard InChI is InChI=1S/C40H47ClN4O5/c1-28-7-3-4-8-35(28)36-9-5-12-40(29(36)2,50-16-6-13-44-14-10-33(46)24-44)27-49-39-19-38(48-26-31-17-30(20-42)21-43-22-31)32(18-37(39)41)23-45-15-11-34(47)25-45/h3-5,7-9,12,17-19,21-22,29,33-34,46-47H,6,10-11,13-16,23-27H2,1-2H3/t29?,33-,34-,40?/m1/s1. The molecule has 0 spiro atoms. The molecule has 6 rings (SSSR count). The molecule has 1 aromatic heterocycles. The van der Waals surface area contributed by atoms with Gasteiger partial charge in [0.2, 0.25) is 0 Å². The Bertz CT molecular complexity index is 1740. The second-order valence-corrected chi connectivity index (χ2v) is 14.2. The third kappa shape index (κ3) is 8.75. The summed E-state index contributed by atoms with van der Waals surface area (Å²) in [5.41, 5.74) is 4.92. The van der Waals surface area contributed by atoms with Crippen molar-refractivity contribution in [2.24, 2.45) is 5.92 Å². The highest BCUT2D eigenvalue weighted by molar-refractivity contribution is 6.32. The van der Waals surface area contributed by atoms with Gasteiger partial charge in [-0.3, -0.25) is 9.88 Å². The molecule has 2 N–H and O–H groups in total. The molecule has 3 heterocycles. The summed E-state index contributed by atoms with van der Waals surface area (Å²) < 4.78 is 19.8. The number of nitriles is 1. The van der Waals surface area contributed by atoms with Crippen LogP contribution in [0.4, 0.5) is 0 Å². The van der Waals surface area contributed by atoms with Gasteiger partial charge in [-0.2, -0.15) is 5.26 Å². The molecular weight excluding hydrogens is 652 g/mol. The third-order valence-electron chi connectivity index (χ3n) is 10.1. The minimum atomic E-state index is -0.769. The van der Waals surface area contributed by atoms with Gasteiger partial charge in [0.25, 0.3) is 0 Å². The van der Waals surface area contributed by atoms with E-state index in [1.54, 1.807) is 12.3 Å². The normalized spacial score (nSPS) is 23.9. The summed E-state index contributed by atoms with van der Waals surface area (Å²) in [4.78, 5) is 8.64. The number of aliphatic hydroxyl groups excluding tert-OH is 2. The Morgan fingerprint density at radius 2 is 1.80 bits per heavy atom. The highest BCUT2D eigenvalue weighted by atomic mass is 35.5. The molecule has 0 radical (unpaired) electrons. The van der Waals surface area contributed by atoms with Crippen molar-refractivity contribution >= 4 is 17.2 Å². The Hall–Kier alpha value is -3.75. The van der Waals surface area contributed by atoms with Gasteiger partial charge in [0.05, 0.1) is 22.8 Å². The molecule has 2 saturated heterocycles. The highest BCUT2D eigenvalue weighted by Crippen LogP contribution is 2.41. The summed E-state index contributed by atoms with van der Waals surface area (Å²) in [7, 11) is 0. The first-order valence-electron chi connectivity index (χ1n) is 17.6. The van der Waals surface area contributed by atoms with Crippen molar-refractivity contribution < 1.29 is 24.4 Å². The molecule has 3 aliphatic rings. The summed E-state index contributed by atoms with van der Waals surface area (Å²) in [5.74, 6) is 1.07. The smallest absolute Gasteiger partial charge is 0.141 e. The molecule has 0 amide bonds. The van der Waals surface area contributed by atoms with E-state index >= 15 is 0 Å². The van der Waals surface area contributed by atoms with Crippen molar-refractivity contribution in [1.29, 1.82) is 5.26 Å². The zero-order valence-electron chi connectivity index (χ0n) is 28.9. The van der Waals surface area contributed by atoms with Gasteiger partial charge in [-0.1, -0.05) is 54.9 Å². The number of allylic oxidation sites excluding steroid dienone is 2. The number of hydrogen-bond donors (Lipinski definition) is 2. The van der Waals surface area contributed by atoms with Crippen LogP contribution in [0.3, 0.4) is 0 Å². The van der Waals surface area contributed by atoms with Gasteiger partial charge in [-0.05, 0) is 61.1 Å². The quantitative estimate of drug-likeness (QED) is 0.198. The fraction of sp³-hybridized carbons (Fsp3) is 0.450. The fourth-order valence-electron chi connectivity index (χ4n) is 7.16. The predicted octanol–water partition coefficient (Wildman–Crippen LogP) is 5.94. The SMILES string of the molecule is Cc1ccccc1C1=CC=CC(COc2cc(OCc3cncc(C#N)c3)c(CN3CC[C@@H](O)C3)cc2Cl)(OCCCN2CC[C@@H](O)C2)C1C. The summed E-state index contributed by atoms with van der Waals surface area (Å²) >= 11 is 6.94. The van der Waals surface area contributed by atoms with Crippen molar-refractivity contribution in [3.8, 4) is 17.6 Å². The zero-order chi connectivity index (χ0) is 35.1. The maximum atomic E-state index is 10.1. The lowest BCUT2D eigenvalue weighted by atomic mass is 9.76. The molecule has 9 nitrogen and oxygen atoms in total. The Balaban J connectivity index is 1.24. The monoisotopic (exact) mass is 698 g/mol. The van der Waals surface area contributed by atoms with Crippen LogP contribution >= 0.6 is 11.6 Å². The van der Waals surface area contributed by atoms with E-state index in [-0.39, 0.29) is 31.3 Å². The van der Waals surface area contributed by atoms with Crippen molar-refractivity contribution in [2.45, 2.75) is 64.1 Å². The Kier molecular flexibility index (Phi) is 11.9. The minimum Gasteiger partial charge on any atom is -0.489 e. The molecular formula is C40H47ClN4O5. The molecule has 3 aromatic rings. The van der Waals surface area contributed by atoms with Gasteiger partial charge in [0.15, 0.2) is 0 Å². The second-order valence-electron chi connectivity index (χ2n) is 13.8. The topological polar surface area (TPSA) is 111 Å². The maximum Gasteiger partial charge on any atom is 0.141 e. The second kappa shape index (κ2) is 16.5. The van der Waals surface area contributed by atoms with E-state index in [9.17, 15) is 15.5 Å². The number of aromatic nitrogens is 1. The number of rotatable bonds is 14. The van der Waals surface area contributed by atoms with Gasteiger partial charge in [-0.25, -0.2) is 0 Å². The van der Waals surface area contributed by atoms with Crippen LogP contribution in [-0.4, -0.2) is 88.7 Å². The number of aryl methyl sites for hydroxylation is 1. The van der Waals surface area contributed by atoms with E-state index in [0.29, 0.717) is 48.3 Å². The fourth-order valence-corrected chi connectivity index (χ4v) is 7.40. The maximum absolute atomic E-state index is 10.1. The van der Waals surface area contributed by atoms with Crippen LogP contribution < -0.4 is 9.47 Å². The lowest BCUT2D eigenvalue weighted by Gasteiger charge is -2.40. The predicted molar refractivity (Wildman–Crippen MR) is 194 cm³/mol. The summed E-state index contributed by atoms with van der Waals surface area (Å²) in [6.45, 7) is 9.70. The zero-order valence-corrected chi connectivity index (χ0v) is 29.7. The van der Waals surface area contributed by atoms with Crippen molar-refractivity contribution in [1.82, 2.24) is 14.8 Å². The Labute approximate surface area is 300 Å². The molecule has 10 heteroatoms. The number of likely N-dealkylation sites (tertiary alicyclic amines) is 2. The number of nitrogens with zero attached hydrogens (tertiary/aromatic N) is 4. The number of benzene rings is 2. The van der Waals surface area contributed by atoms with E-state index in [0.717, 1.165) is 50.0 Å². The molecule has 50 heavy (non-hydrogen) atoms. The van der Waals surface area contributed by atoms with Crippen LogP contribution in [0.1, 0.15) is 54.0 Å². The molecule has 2 aliphatic heterocycles. The summed E-state index contributed by atoms with van der Waals surface area (Å²) in [6.07, 6.45) is 11.3. The van der Waals surface area contributed by atoms with Crippen LogP contribution in [0.25, 0.3) is 5.57 Å². The summed E-state index contributed by atoms with van der Waals surface area (Å²) in [5, 5.41) is 29.9. The van der Waals surface area contributed by atoms with Crippen molar-refractivity contribution in [3.05, 3.63) is 106 Å². The Morgan fingerprint density at radius 3 is 2.54 bits per heavy atom. The minimum absolute atomic E-state index is 0.0301. The number of ether oxygens (including phenoxy) is 3. The Morgan fingerprint density at radius 1 is 1.02 bits per heavy atom. The number of hydrogen-bond acceptors (Lipinski definition) is 9. The lowest BCUT2D eigenvalue weighted by Crippen LogP contribution is -2.45. The van der Waals surface area contributed by atoms with Gasteiger partial charge in [0.1, 0.15) is 36.4 Å². The third-order valence-corrected chi connectivity index (χ3v) is 10.4. The molecule has 264 valence electrons. The molecule has 0 bridgehead atoms. The molecule has 2 unspecified atom stereocenters. The first-order valence-corrected chi connectivity index (χ1v) is 17.9. The average molecular weight is 699 g/mol. The number of aliphatic hydroxyl groups is 2. The van der Waals surface area contributed by atoms with Crippen LogP contribution in [0.15, 0.2) is 73.1 Å². The number of pyridine rings is 1. The van der Waals surface area contributed by atoms with E-state index in [1.807, 2.05) is 12.1 Å². The van der Waals surface area contributed by atoms with E-state index < -0.39 is 5.60 Å². The summed E-state index contributed by atoms with van der Waals surface area (Å²) in [6, 6.07) is 16.0. The van der Waals surface area contributed by atoms with Crippen LogP contribution in [0.2, 0.25) is 5.02 Å². The van der Waals surface area contributed by atoms with Gasteiger partial charge >= 0.3 is 0 Å². The lowest BCUT2D eigenvalue weighted by molar-refractivity contribution is -0.0617. The van der Waals surface area contributed by atoms with Crippen molar-refractivity contribution in [3.63, 3.8) is 0 Å². The molecule has 2 fully saturated rings. The van der Waals surface area contributed by atoms with Gasteiger partial charge < -0.3 is 29.3 Å².